The standard InChI is InChI=1S/C20H36N6O4/c1-9-21-17(22-11-10-16-24-14(3)25-30-16)23-12-15-13(2)28-20(7,8)26(15)18(27)29-19(4,5)6/h13,15H,9-12H2,1-8H3,(H2,21,22,23). The van der Waals surface area contributed by atoms with Crippen molar-refractivity contribution in [1.82, 2.24) is 25.7 Å². The molecule has 2 rings (SSSR count). The Balaban J connectivity index is 2.05. The zero-order chi connectivity index (χ0) is 22.5. The summed E-state index contributed by atoms with van der Waals surface area (Å²) in [6.45, 7) is 16.7. The third kappa shape index (κ3) is 6.58. The van der Waals surface area contributed by atoms with E-state index >= 15 is 0 Å². The van der Waals surface area contributed by atoms with Gasteiger partial charge in [0.25, 0.3) is 0 Å². The van der Waals surface area contributed by atoms with E-state index in [-0.39, 0.29) is 12.1 Å². The number of hydrogen-bond donors (Lipinski definition) is 2. The average Bonchev–Trinajstić information content (AvgIpc) is 3.10. The van der Waals surface area contributed by atoms with Crippen molar-refractivity contribution in [2.24, 2.45) is 4.99 Å². The van der Waals surface area contributed by atoms with E-state index in [9.17, 15) is 4.79 Å². The highest BCUT2D eigenvalue weighted by Crippen LogP contribution is 2.33. The van der Waals surface area contributed by atoms with Crippen LogP contribution in [0.2, 0.25) is 0 Å². The van der Waals surface area contributed by atoms with Crippen LogP contribution in [-0.2, 0) is 15.9 Å². The van der Waals surface area contributed by atoms with E-state index in [1.165, 1.54) is 0 Å². The van der Waals surface area contributed by atoms with Crippen molar-refractivity contribution in [1.29, 1.82) is 0 Å². The SMILES string of the molecule is CCNC(=NCC1C(C)OC(C)(C)N1C(=O)OC(C)(C)C)NCCc1nc(C)no1. The predicted octanol–water partition coefficient (Wildman–Crippen LogP) is 2.24. The van der Waals surface area contributed by atoms with E-state index in [0.717, 1.165) is 0 Å². The second-order valence-corrected chi connectivity index (χ2v) is 8.82. The van der Waals surface area contributed by atoms with Crippen molar-refractivity contribution in [2.75, 3.05) is 19.6 Å². The molecule has 1 saturated heterocycles. The van der Waals surface area contributed by atoms with Crippen molar-refractivity contribution >= 4 is 12.1 Å². The van der Waals surface area contributed by atoms with Crippen LogP contribution in [0.15, 0.2) is 9.52 Å². The lowest BCUT2D eigenvalue weighted by Crippen LogP contribution is -2.51. The summed E-state index contributed by atoms with van der Waals surface area (Å²) in [5, 5.41) is 10.3. The third-order valence-corrected chi connectivity index (χ3v) is 4.50. The Kier molecular flexibility index (Phi) is 7.68. The quantitative estimate of drug-likeness (QED) is 0.528. The first-order chi connectivity index (χ1) is 13.9. The summed E-state index contributed by atoms with van der Waals surface area (Å²) < 4.78 is 16.8. The highest BCUT2D eigenvalue weighted by molar-refractivity contribution is 5.79. The number of aryl methyl sites for hydroxylation is 1. The molecule has 2 unspecified atom stereocenters. The van der Waals surface area contributed by atoms with Crippen LogP contribution in [0.25, 0.3) is 0 Å². The lowest BCUT2D eigenvalue weighted by molar-refractivity contribution is -0.0755. The zero-order valence-electron chi connectivity index (χ0n) is 19.4. The van der Waals surface area contributed by atoms with Crippen LogP contribution in [0.5, 0.6) is 0 Å². The molecule has 1 aromatic rings. The normalized spacial score (nSPS) is 21.6. The molecule has 1 fully saturated rings. The maximum Gasteiger partial charge on any atom is 0.412 e. The smallest absolute Gasteiger partial charge is 0.412 e. The summed E-state index contributed by atoms with van der Waals surface area (Å²) in [5.41, 5.74) is -1.36. The van der Waals surface area contributed by atoms with E-state index < -0.39 is 17.4 Å². The van der Waals surface area contributed by atoms with E-state index in [0.29, 0.717) is 43.7 Å². The predicted molar refractivity (Wildman–Crippen MR) is 113 cm³/mol. The Morgan fingerprint density at radius 1 is 1.33 bits per heavy atom. The fourth-order valence-corrected chi connectivity index (χ4v) is 3.35. The zero-order valence-corrected chi connectivity index (χ0v) is 19.4. The number of hydrogen-bond acceptors (Lipinski definition) is 7. The van der Waals surface area contributed by atoms with Crippen LogP contribution < -0.4 is 10.6 Å². The number of carbonyl (C=O) groups excluding carboxylic acids is 1. The van der Waals surface area contributed by atoms with Gasteiger partial charge in [-0.3, -0.25) is 9.89 Å². The molecule has 0 bridgehead atoms. The van der Waals surface area contributed by atoms with Gasteiger partial charge < -0.3 is 24.6 Å². The molecule has 2 N–H and O–H groups in total. The summed E-state index contributed by atoms with van der Waals surface area (Å²) in [5.74, 6) is 1.84. The Morgan fingerprint density at radius 2 is 2.03 bits per heavy atom. The van der Waals surface area contributed by atoms with E-state index in [1.807, 2.05) is 48.5 Å². The molecular formula is C20H36N6O4. The van der Waals surface area contributed by atoms with Gasteiger partial charge >= 0.3 is 6.09 Å². The number of aromatic nitrogens is 2. The van der Waals surface area contributed by atoms with Gasteiger partial charge in [0.15, 0.2) is 11.8 Å². The highest BCUT2D eigenvalue weighted by Gasteiger charge is 2.49. The van der Waals surface area contributed by atoms with Crippen LogP contribution in [0, 0.1) is 6.92 Å². The third-order valence-electron chi connectivity index (χ3n) is 4.50. The Morgan fingerprint density at radius 3 is 2.60 bits per heavy atom. The molecule has 0 radical (unpaired) electrons. The van der Waals surface area contributed by atoms with Crippen LogP contribution >= 0.6 is 0 Å². The molecule has 0 aromatic carbocycles. The molecule has 1 aliphatic heterocycles. The molecule has 2 heterocycles. The Bertz CT molecular complexity index is 740. The van der Waals surface area contributed by atoms with Crippen LogP contribution in [0.3, 0.4) is 0 Å². The Hall–Kier alpha value is -2.36. The molecule has 0 saturated carbocycles. The Labute approximate surface area is 178 Å². The van der Waals surface area contributed by atoms with Crippen LogP contribution in [0.1, 0.15) is 60.2 Å². The maximum atomic E-state index is 12.9. The van der Waals surface area contributed by atoms with Crippen molar-refractivity contribution in [3.63, 3.8) is 0 Å². The lowest BCUT2D eigenvalue weighted by atomic mass is 10.1. The van der Waals surface area contributed by atoms with Crippen molar-refractivity contribution in [2.45, 2.75) is 85.3 Å². The first-order valence-electron chi connectivity index (χ1n) is 10.4. The molecule has 1 amide bonds. The fraction of sp³-hybridized carbons (Fsp3) is 0.800. The molecule has 1 aromatic heterocycles. The van der Waals surface area contributed by atoms with Gasteiger partial charge in [-0.1, -0.05) is 5.16 Å². The fourth-order valence-electron chi connectivity index (χ4n) is 3.35. The number of aliphatic imine (C=N–C) groups is 1. The monoisotopic (exact) mass is 424 g/mol. The number of guanidine groups is 1. The van der Waals surface area contributed by atoms with Crippen LogP contribution in [-0.4, -0.2) is 70.2 Å². The molecular weight excluding hydrogens is 388 g/mol. The molecule has 1 aliphatic rings. The van der Waals surface area contributed by atoms with Gasteiger partial charge in [-0.05, 0) is 55.4 Å². The van der Waals surface area contributed by atoms with Gasteiger partial charge in [0.05, 0.1) is 18.7 Å². The number of rotatable bonds is 6. The van der Waals surface area contributed by atoms with Gasteiger partial charge in [0.2, 0.25) is 5.89 Å². The number of nitrogens with one attached hydrogen (secondary N) is 2. The minimum atomic E-state index is -0.774. The molecule has 2 atom stereocenters. The second-order valence-electron chi connectivity index (χ2n) is 8.82. The van der Waals surface area contributed by atoms with E-state index in [2.05, 4.69) is 25.8 Å². The summed E-state index contributed by atoms with van der Waals surface area (Å²) >= 11 is 0. The topological polar surface area (TPSA) is 114 Å². The van der Waals surface area contributed by atoms with Gasteiger partial charge in [-0.15, -0.1) is 0 Å². The van der Waals surface area contributed by atoms with Gasteiger partial charge in [0.1, 0.15) is 11.3 Å². The van der Waals surface area contributed by atoms with Crippen molar-refractivity contribution < 1.29 is 18.8 Å². The highest BCUT2D eigenvalue weighted by atomic mass is 16.6. The lowest BCUT2D eigenvalue weighted by Gasteiger charge is -2.34. The molecule has 0 spiro atoms. The minimum Gasteiger partial charge on any atom is -0.444 e. The molecule has 170 valence electrons. The molecule has 30 heavy (non-hydrogen) atoms. The number of nitrogens with zero attached hydrogens (tertiary/aromatic N) is 4. The average molecular weight is 425 g/mol. The summed E-state index contributed by atoms with van der Waals surface area (Å²) in [7, 11) is 0. The first-order valence-corrected chi connectivity index (χ1v) is 10.4. The van der Waals surface area contributed by atoms with E-state index in [1.54, 1.807) is 11.8 Å². The number of amides is 1. The summed E-state index contributed by atoms with van der Waals surface area (Å²) in [4.78, 5) is 23.4. The van der Waals surface area contributed by atoms with Crippen molar-refractivity contribution in [3.05, 3.63) is 11.7 Å². The summed E-state index contributed by atoms with van der Waals surface area (Å²) in [6.07, 6.45) is 0.00734. The maximum absolute atomic E-state index is 12.9. The van der Waals surface area contributed by atoms with E-state index in [4.69, 9.17) is 14.0 Å². The van der Waals surface area contributed by atoms with Gasteiger partial charge in [0, 0.05) is 19.5 Å². The van der Waals surface area contributed by atoms with Gasteiger partial charge in [-0.2, -0.15) is 4.98 Å². The summed E-state index contributed by atoms with van der Waals surface area (Å²) in [6, 6.07) is -0.246. The van der Waals surface area contributed by atoms with Gasteiger partial charge in [-0.25, -0.2) is 4.79 Å². The number of ether oxygens (including phenoxy) is 2. The van der Waals surface area contributed by atoms with Crippen molar-refractivity contribution in [3.8, 4) is 0 Å². The number of carbonyl (C=O) groups is 1. The molecule has 10 nitrogen and oxygen atoms in total. The molecule has 10 heteroatoms. The molecule has 0 aliphatic carbocycles. The first kappa shape index (κ1) is 23.9. The van der Waals surface area contributed by atoms with Crippen LogP contribution in [0.4, 0.5) is 4.79 Å². The minimum absolute atomic E-state index is 0.180. The second kappa shape index (κ2) is 9.63. The largest absolute Gasteiger partial charge is 0.444 e.